The molecule has 1 atom stereocenters. The Hall–Kier alpha value is -3.72. The zero-order valence-corrected chi connectivity index (χ0v) is 14.0. The number of nitriles is 1. The Morgan fingerprint density at radius 2 is 1.92 bits per heavy atom. The zero-order valence-electron chi connectivity index (χ0n) is 14.0. The van der Waals surface area contributed by atoms with Crippen LogP contribution in [0.3, 0.4) is 0 Å². The van der Waals surface area contributed by atoms with Crippen LogP contribution in [-0.2, 0) is 4.79 Å². The van der Waals surface area contributed by atoms with E-state index in [4.69, 9.17) is 4.42 Å². The van der Waals surface area contributed by atoms with Crippen LogP contribution in [0.5, 0.6) is 0 Å². The quantitative estimate of drug-likeness (QED) is 0.717. The Kier molecular flexibility index (Phi) is 4.90. The van der Waals surface area contributed by atoms with Crippen LogP contribution in [0.4, 0.5) is 0 Å². The zero-order chi connectivity index (χ0) is 18.5. The van der Waals surface area contributed by atoms with Crippen molar-refractivity contribution < 1.29 is 14.0 Å². The molecule has 0 spiro atoms. The largest absolute Gasteiger partial charge is 0.439 e. The summed E-state index contributed by atoms with van der Waals surface area (Å²) in [5.74, 6) is -1.63. The fourth-order valence-corrected chi connectivity index (χ4v) is 2.42. The molecular formula is C20H15N3O3. The molecule has 3 aromatic rings. The summed E-state index contributed by atoms with van der Waals surface area (Å²) in [5.41, 5.74) is 2.39. The second-order valence-corrected chi connectivity index (χ2v) is 5.52. The van der Waals surface area contributed by atoms with Crippen LogP contribution < -0.4 is 5.32 Å². The molecule has 1 amide bonds. The van der Waals surface area contributed by atoms with Gasteiger partial charge in [-0.25, -0.2) is 4.98 Å². The summed E-state index contributed by atoms with van der Waals surface area (Å²) in [7, 11) is 1.56. The molecule has 6 heteroatoms. The molecule has 0 aliphatic heterocycles. The van der Waals surface area contributed by atoms with Crippen molar-refractivity contribution in [2.75, 3.05) is 7.05 Å². The van der Waals surface area contributed by atoms with Crippen LogP contribution in [0.25, 0.3) is 17.2 Å². The van der Waals surface area contributed by atoms with Crippen molar-refractivity contribution in [2.45, 2.75) is 5.92 Å². The molecule has 0 aliphatic rings. The maximum Gasteiger partial charge on any atom is 0.251 e. The first-order valence-electron chi connectivity index (χ1n) is 7.91. The standard InChI is InChI=1S/C20H15N3O3/c1-22-19(25)14-9-6-13(7-10-14)8-11-17(24)15(12-21)20-23-16-4-2-3-5-18(16)26-20/h2-11,15H,1H3,(H,22,25)/b11-8+. The van der Waals surface area contributed by atoms with Gasteiger partial charge in [-0.1, -0.05) is 30.3 Å². The number of hydrogen-bond donors (Lipinski definition) is 1. The highest BCUT2D eigenvalue weighted by atomic mass is 16.3. The maximum atomic E-state index is 12.4. The number of aromatic nitrogens is 1. The van der Waals surface area contributed by atoms with Crippen LogP contribution in [0.1, 0.15) is 27.7 Å². The van der Waals surface area contributed by atoms with Crippen LogP contribution in [0, 0.1) is 11.3 Å². The summed E-state index contributed by atoms with van der Waals surface area (Å²) in [6, 6.07) is 15.8. The molecule has 26 heavy (non-hydrogen) atoms. The van der Waals surface area contributed by atoms with E-state index in [0.29, 0.717) is 16.7 Å². The number of carbonyl (C=O) groups is 2. The Morgan fingerprint density at radius 3 is 2.58 bits per heavy atom. The van der Waals surface area contributed by atoms with Crippen molar-refractivity contribution in [1.29, 1.82) is 5.26 Å². The van der Waals surface area contributed by atoms with E-state index in [2.05, 4.69) is 10.3 Å². The third-order valence-corrected chi connectivity index (χ3v) is 3.81. The SMILES string of the molecule is CNC(=O)c1ccc(/C=C/C(=O)C(C#N)c2nc3ccccc3o2)cc1. The number of oxazole rings is 1. The molecule has 128 valence electrons. The lowest BCUT2D eigenvalue weighted by Crippen LogP contribution is -2.17. The normalized spacial score (nSPS) is 12.0. The predicted octanol–water partition coefficient (Wildman–Crippen LogP) is 3.08. The van der Waals surface area contributed by atoms with Gasteiger partial charge in [-0.2, -0.15) is 5.26 Å². The number of allylic oxidation sites excluding steroid dienone is 1. The maximum absolute atomic E-state index is 12.4. The molecule has 0 fully saturated rings. The Bertz CT molecular complexity index is 993. The summed E-state index contributed by atoms with van der Waals surface area (Å²) in [5, 5.41) is 11.9. The molecule has 2 aromatic carbocycles. The van der Waals surface area contributed by atoms with Gasteiger partial charge in [0.1, 0.15) is 5.52 Å². The lowest BCUT2D eigenvalue weighted by atomic mass is 10.0. The summed E-state index contributed by atoms with van der Waals surface area (Å²) in [4.78, 5) is 28.1. The van der Waals surface area contributed by atoms with Gasteiger partial charge in [-0.05, 0) is 35.9 Å². The molecule has 0 bridgehead atoms. The first kappa shape index (κ1) is 17.1. The number of rotatable bonds is 5. The van der Waals surface area contributed by atoms with E-state index >= 15 is 0 Å². The topological polar surface area (TPSA) is 96.0 Å². The van der Waals surface area contributed by atoms with Crippen LogP contribution in [0.15, 0.2) is 59.0 Å². The monoisotopic (exact) mass is 345 g/mol. The molecule has 1 aromatic heterocycles. The third kappa shape index (κ3) is 3.52. The van der Waals surface area contributed by atoms with Crippen molar-refractivity contribution in [3.63, 3.8) is 0 Å². The molecule has 0 saturated heterocycles. The minimum Gasteiger partial charge on any atom is -0.439 e. The number of hydrogen-bond acceptors (Lipinski definition) is 5. The molecule has 1 heterocycles. The Morgan fingerprint density at radius 1 is 1.19 bits per heavy atom. The number of ketones is 1. The molecule has 1 N–H and O–H groups in total. The van der Waals surface area contributed by atoms with Gasteiger partial charge < -0.3 is 9.73 Å². The van der Waals surface area contributed by atoms with E-state index in [1.165, 1.54) is 6.08 Å². The van der Waals surface area contributed by atoms with Crippen molar-refractivity contribution in [1.82, 2.24) is 10.3 Å². The van der Waals surface area contributed by atoms with E-state index in [1.54, 1.807) is 61.7 Å². The van der Waals surface area contributed by atoms with Gasteiger partial charge >= 0.3 is 0 Å². The van der Waals surface area contributed by atoms with Crippen LogP contribution >= 0.6 is 0 Å². The number of benzene rings is 2. The number of amides is 1. The first-order chi connectivity index (χ1) is 12.6. The van der Waals surface area contributed by atoms with Gasteiger partial charge in [0.15, 0.2) is 17.3 Å². The minimum absolute atomic E-state index is 0.0818. The van der Waals surface area contributed by atoms with Crippen molar-refractivity contribution in [2.24, 2.45) is 0 Å². The lowest BCUT2D eigenvalue weighted by molar-refractivity contribution is -0.115. The molecular weight excluding hydrogens is 330 g/mol. The molecule has 3 rings (SSSR count). The Labute approximate surface area is 149 Å². The molecule has 6 nitrogen and oxygen atoms in total. The highest BCUT2D eigenvalue weighted by molar-refractivity contribution is 6.00. The van der Waals surface area contributed by atoms with Gasteiger partial charge in [0.2, 0.25) is 5.89 Å². The van der Waals surface area contributed by atoms with Gasteiger partial charge in [-0.3, -0.25) is 9.59 Å². The fourth-order valence-electron chi connectivity index (χ4n) is 2.42. The Balaban J connectivity index is 1.77. The van der Waals surface area contributed by atoms with E-state index in [0.717, 1.165) is 5.56 Å². The number of nitrogens with one attached hydrogen (secondary N) is 1. The smallest absolute Gasteiger partial charge is 0.251 e. The van der Waals surface area contributed by atoms with E-state index < -0.39 is 11.7 Å². The first-order valence-corrected chi connectivity index (χ1v) is 7.91. The van der Waals surface area contributed by atoms with Crippen molar-refractivity contribution in [3.8, 4) is 6.07 Å². The molecule has 0 radical (unpaired) electrons. The molecule has 1 unspecified atom stereocenters. The summed E-state index contributed by atoms with van der Waals surface area (Å²) in [6.45, 7) is 0. The van der Waals surface area contributed by atoms with Crippen LogP contribution in [0.2, 0.25) is 0 Å². The summed E-state index contributed by atoms with van der Waals surface area (Å²) < 4.78 is 5.52. The van der Waals surface area contributed by atoms with Gasteiger partial charge in [0.05, 0.1) is 6.07 Å². The highest BCUT2D eigenvalue weighted by Crippen LogP contribution is 2.22. The van der Waals surface area contributed by atoms with Crippen molar-refractivity contribution >= 4 is 28.9 Å². The molecule has 0 aliphatic carbocycles. The van der Waals surface area contributed by atoms with Gasteiger partial charge in [-0.15, -0.1) is 0 Å². The average molecular weight is 345 g/mol. The number of nitrogens with zero attached hydrogens (tertiary/aromatic N) is 2. The van der Waals surface area contributed by atoms with E-state index in [1.807, 2.05) is 6.07 Å². The predicted molar refractivity (Wildman–Crippen MR) is 96.2 cm³/mol. The number of para-hydroxylation sites is 2. The van der Waals surface area contributed by atoms with Crippen LogP contribution in [-0.4, -0.2) is 23.7 Å². The number of fused-ring (bicyclic) bond motifs is 1. The lowest BCUT2D eigenvalue weighted by Gasteiger charge is -2.01. The van der Waals surface area contributed by atoms with E-state index in [-0.39, 0.29) is 11.8 Å². The fraction of sp³-hybridized carbons (Fsp3) is 0.100. The summed E-state index contributed by atoms with van der Waals surface area (Å²) >= 11 is 0. The third-order valence-electron chi connectivity index (χ3n) is 3.81. The van der Waals surface area contributed by atoms with Crippen molar-refractivity contribution in [3.05, 3.63) is 71.6 Å². The molecule has 0 saturated carbocycles. The number of carbonyl (C=O) groups excluding carboxylic acids is 2. The second kappa shape index (κ2) is 7.45. The summed E-state index contributed by atoms with van der Waals surface area (Å²) in [6.07, 6.45) is 2.90. The highest BCUT2D eigenvalue weighted by Gasteiger charge is 2.23. The van der Waals surface area contributed by atoms with E-state index in [9.17, 15) is 14.9 Å². The van der Waals surface area contributed by atoms with Gasteiger partial charge in [0.25, 0.3) is 5.91 Å². The average Bonchev–Trinajstić information content (AvgIpc) is 3.10. The second-order valence-electron chi connectivity index (χ2n) is 5.52. The minimum atomic E-state index is -1.11. The van der Waals surface area contributed by atoms with Gasteiger partial charge in [0, 0.05) is 12.6 Å².